The van der Waals surface area contributed by atoms with Crippen molar-refractivity contribution < 1.29 is 24.2 Å². The Hall–Kier alpha value is -3.39. The molecule has 3 amide bonds. The van der Waals surface area contributed by atoms with Crippen molar-refractivity contribution in [2.24, 2.45) is 0 Å². The normalized spacial score (nSPS) is 9.69. The molecule has 0 spiro atoms. The van der Waals surface area contributed by atoms with E-state index in [0.717, 1.165) is 0 Å². The molecule has 0 unspecified atom stereocenters. The Morgan fingerprint density at radius 3 is 1.10 bits per heavy atom. The van der Waals surface area contributed by atoms with E-state index in [1.807, 2.05) is 0 Å². The van der Waals surface area contributed by atoms with Gasteiger partial charge in [-0.25, -0.2) is 0 Å². The molecule has 3 rings (SSSR count). The standard InChI is InChI=1S/2C8H6Cl2N2O3.C8H7Cl2NO/c2*9-6-2-1-5(3-7(6)10)11-8(13)4-12(14)15;1-5(12)11-6-2-3-7(9)8(10)4-6/h2*1-3H,4H2,(H,11,13);2-4H,1H3,(H,11,12). The summed E-state index contributed by atoms with van der Waals surface area (Å²) in [7, 11) is 0. The van der Waals surface area contributed by atoms with Crippen molar-refractivity contribution in [2.75, 3.05) is 29.0 Å². The van der Waals surface area contributed by atoms with Crippen LogP contribution in [0.2, 0.25) is 30.1 Å². The number of hydrogen-bond donors (Lipinski definition) is 3. The van der Waals surface area contributed by atoms with Crippen LogP contribution in [0.4, 0.5) is 17.1 Å². The van der Waals surface area contributed by atoms with Crippen molar-refractivity contribution >= 4 is 104 Å². The van der Waals surface area contributed by atoms with Gasteiger partial charge in [-0.3, -0.25) is 34.6 Å². The summed E-state index contributed by atoms with van der Waals surface area (Å²) in [6.07, 6.45) is 0. The van der Waals surface area contributed by atoms with Crippen LogP contribution in [0.1, 0.15) is 6.92 Å². The van der Waals surface area contributed by atoms with Crippen LogP contribution in [-0.4, -0.2) is 40.7 Å². The number of benzene rings is 3. The highest BCUT2D eigenvalue weighted by Crippen LogP contribution is 2.26. The number of halogens is 6. The van der Waals surface area contributed by atoms with E-state index in [4.69, 9.17) is 69.6 Å². The van der Waals surface area contributed by atoms with Crippen molar-refractivity contribution in [3.8, 4) is 0 Å². The van der Waals surface area contributed by atoms with Crippen LogP contribution in [0, 0.1) is 20.2 Å². The van der Waals surface area contributed by atoms with Gasteiger partial charge in [0.25, 0.3) is 24.9 Å². The number of nitrogens with one attached hydrogen (secondary N) is 3. The van der Waals surface area contributed by atoms with Crippen LogP contribution < -0.4 is 16.0 Å². The minimum atomic E-state index is -0.778. The van der Waals surface area contributed by atoms with E-state index in [2.05, 4.69) is 16.0 Å². The number of rotatable bonds is 7. The third-order valence-electron chi connectivity index (χ3n) is 4.19. The summed E-state index contributed by atoms with van der Waals surface area (Å²) in [4.78, 5) is 51.2. The number of carbonyl (C=O) groups excluding carboxylic acids is 3. The van der Waals surface area contributed by atoms with Gasteiger partial charge >= 0.3 is 0 Å². The summed E-state index contributed by atoms with van der Waals surface area (Å²) in [5, 5.41) is 29.4. The minimum Gasteiger partial charge on any atom is -0.326 e. The Balaban J connectivity index is 0.000000317. The molecule has 42 heavy (non-hydrogen) atoms. The number of nitrogens with zero attached hydrogens (tertiary/aromatic N) is 2. The molecule has 0 aliphatic heterocycles. The van der Waals surface area contributed by atoms with Gasteiger partial charge in [-0.05, 0) is 54.6 Å². The molecule has 18 heteroatoms. The van der Waals surface area contributed by atoms with E-state index >= 15 is 0 Å². The summed E-state index contributed by atoms with van der Waals surface area (Å²) in [5.74, 6) is -1.55. The predicted octanol–water partition coefficient (Wildman–Crippen LogP) is 7.37. The molecular formula is C24H19Cl6N5O7. The zero-order chi connectivity index (χ0) is 32.0. The molecule has 0 aliphatic rings. The highest BCUT2D eigenvalue weighted by Gasteiger charge is 2.11. The van der Waals surface area contributed by atoms with Crippen LogP contribution in [0.5, 0.6) is 0 Å². The van der Waals surface area contributed by atoms with Gasteiger partial charge in [-0.2, -0.15) is 0 Å². The van der Waals surface area contributed by atoms with E-state index in [1.165, 1.54) is 43.3 Å². The van der Waals surface area contributed by atoms with E-state index in [1.54, 1.807) is 18.2 Å². The number of carbonyl (C=O) groups is 3. The van der Waals surface area contributed by atoms with Crippen LogP contribution >= 0.6 is 69.6 Å². The lowest BCUT2D eigenvalue weighted by Gasteiger charge is -2.03. The van der Waals surface area contributed by atoms with E-state index in [-0.39, 0.29) is 16.0 Å². The van der Waals surface area contributed by atoms with Crippen molar-refractivity contribution in [3.63, 3.8) is 0 Å². The fourth-order valence-corrected chi connectivity index (χ4v) is 3.45. The third kappa shape index (κ3) is 15.0. The minimum absolute atomic E-state index is 0.131. The molecule has 3 aromatic carbocycles. The van der Waals surface area contributed by atoms with Crippen LogP contribution in [0.15, 0.2) is 54.6 Å². The summed E-state index contributed by atoms with van der Waals surface area (Å²) >= 11 is 34.1. The van der Waals surface area contributed by atoms with E-state index < -0.39 is 34.8 Å². The molecule has 0 atom stereocenters. The molecule has 224 valence electrons. The molecular weight excluding hydrogens is 683 g/mol. The molecule has 3 aromatic rings. The number of nitro groups is 2. The zero-order valence-electron chi connectivity index (χ0n) is 21.1. The first-order chi connectivity index (χ1) is 19.6. The third-order valence-corrected chi connectivity index (χ3v) is 6.41. The molecule has 0 fully saturated rings. The van der Waals surface area contributed by atoms with Gasteiger partial charge in [-0.15, -0.1) is 0 Å². The van der Waals surface area contributed by atoms with Gasteiger partial charge in [0.15, 0.2) is 0 Å². The van der Waals surface area contributed by atoms with Gasteiger partial charge in [-0.1, -0.05) is 69.6 Å². The Labute approximate surface area is 268 Å². The molecule has 3 N–H and O–H groups in total. The van der Waals surface area contributed by atoms with Crippen LogP contribution in [0.25, 0.3) is 0 Å². The van der Waals surface area contributed by atoms with Crippen molar-refractivity contribution in [2.45, 2.75) is 6.92 Å². The van der Waals surface area contributed by atoms with Crippen LogP contribution in [0.3, 0.4) is 0 Å². The lowest BCUT2D eigenvalue weighted by molar-refractivity contribution is -0.467. The highest BCUT2D eigenvalue weighted by molar-refractivity contribution is 6.43. The lowest BCUT2D eigenvalue weighted by Crippen LogP contribution is -2.21. The maximum absolute atomic E-state index is 11.0. The first-order valence-corrected chi connectivity index (χ1v) is 13.3. The van der Waals surface area contributed by atoms with Gasteiger partial charge in [0.05, 0.1) is 30.1 Å². The Morgan fingerprint density at radius 2 is 0.857 bits per heavy atom. The molecule has 0 aromatic heterocycles. The van der Waals surface area contributed by atoms with E-state index in [9.17, 15) is 34.6 Å². The largest absolute Gasteiger partial charge is 0.326 e. The van der Waals surface area contributed by atoms with E-state index in [0.29, 0.717) is 37.2 Å². The number of hydrogen-bond acceptors (Lipinski definition) is 7. The molecule has 12 nitrogen and oxygen atoms in total. The molecule has 0 saturated heterocycles. The fourth-order valence-electron chi connectivity index (χ4n) is 2.56. The van der Waals surface area contributed by atoms with Gasteiger partial charge in [0.1, 0.15) is 0 Å². The first-order valence-electron chi connectivity index (χ1n) is 11.0. The number of anilines is 3. The smallest absolute Gasteiger partial charge is 0.296 e. The summed E-state index contributed by atoms with van der Waals surface area (Å²) in [6, 6.07) is 13.8. The maximum atomic E-state index is 11.0. The monoisotopic (exact) mass is 699 g/mol. The lowest BCUT2D eigenvalue weighted by atomic mass is 10.3. The quantitative estimate of drug-likeness (QED) is 0.170. The molecule has 0 heterocycles. The van der Waals surface area contributed by atoms with Crippen molar-refractivity contribution in [3.05, 3.63) is 105 Å². The SMILES string of the molecule is CC(=O)Nc1ccc(Cl)c(Cl)c1.O=C(C[N+](=O)[O-])Nc1ccc(Cl)c(Cl)c1.O=C(C[N+](=O)[O-])Nc1ccc(Cl)c(Cl)c1. The second kappa shape index (κ2) is 18.2. The average molecular weight is 702 g/mol. The average Bonchev–Trinajstić information content (AvgIpc) is 2.85. The van der Waals surface area contributed by atoms with Crippen molar-refractivity contribution in [1.29, 1.82) is 0 Å². The predicted molar refractivity (Wildman–Crippen MR) is 165 cm³/mol. The molecule has 0 aliphatic carbocycles. The fraction of sp³-hybridized carbons (Fsp3) is 0.125. The Kier molecular flexibility index (Phi) is 15.9. The maximum Gasteiger partial charge on any atom is 0.296 e. The van der Waals surface area contributed by atoms with Crippen molar-refractivity contribution in [1.82, 2.24) is 0 Å². The number of amides is 3. The Morgan fingerprint density at radius 1 is 0.571 bits per heavy atom. The Bertz CT molecular complexity index is 1400. The van der Waals surface area contributed by atoms with Crippen LogP contribution in [-0.2, 0) is 14.4 Å². The summed E-state index contributed by atoms with van der Waals surface area (Å²) < 4.78 is 0. The molecule has 0 radical (unpaired) electrons. The zero-order valence-corrected chi connectivity index (χ0v) is 25.7. The van der Waals surface area contributed by atoms with Gasteiger partial charge in [0.2, 0.25) is 5.91 Å². The summed E-state index contributed by atoms with van der Waals surface area (Å²) in [5.41, 5.74) is 1.39. The second-order valence-electron chi connectivity index (χ2n) is 7.65. The van der Waals surface area contributed by atoms with Gasteiger partial charge < -0.3 is 16.0 Å². The molecule has 0 saturated carbocycles. The highest BCUT2D eigenvalue weighted by atomic mass is 35.5. The first kappa shape index (κ1) is 36.6. The second-order valence-corrected chi connectivity index (χ2v) is 10.1. The topological polar surface area (TPSA) is 174 Å². The summed E-state index contributed by atoms with van der Waals surface area (Å²) in [6.45, 7) is -0.122. The van der Waals surface area contributed by atoms with Gasteiger partial charge in [0, 0.05) is 33.8 Å². The molecule has 0 bridgehead atoms.